The van der Waals surface area contributed by atoms with E-state index in [1.807, 2.05) is 36.9 Å². The highest BCUT2D eigenvalue weighted by molar-refractivity contribution is 5.95. The number of nitrogens with one attached hydrogen (secondary N) is 2. The molecule has 0 aromatic heterocycles. The molecule has 1 aromatic carbocycles. The van der Waals surface area contributed by atoms with Gasteiger partial charge in [0.2, 0.25) is 5.91 Å². The fourth-order valence-electron chi connectivity index (χ4n) is 2.97. The third-order valence-corrected chi connectivity index (χ3v) is 4.33. The number of rotatable bonds is 4. The van der Waals surface area contributed by atoms with E-state index in [4.69, 9.17) is 9.47 Å². The molecule has 7 nitrogen and oxygen atoms in total. The summed E-state index contributed by atoms with van der Waals surface area (Å²) < 4.78 is 10.6. The molecule has 2 amide bonds. The molecule has 1 aromatic rings. The molecule has 2 unspecified atom stereocenters. The quantitative estimate of drug-likeness (QED) is 0.856. The normalized spacial score (nSPS) is 19.8. The van der Waals surface area contributed by atoms with Crippen molar-refractivity contribution in [3.8, 4) is 5.75 Å². The summed E-state index contributed by atoms with van der Waals surface area (Å²) >= 11 is 0. The van der Waals surface area contributed by atoms with Gasteiger partial charge in [0.05, 0.1) is 24.9 Å². The smallest absolute Gasteiger partial charge is 0.262 e. The number of benzene rings is 1. The molecule has 2 aliphatic rings. The highest BCUT2D eigenvalue weighted by Gasteiger charge is 2.24. The minimum absolute atomic E-state index is 0.0332. The second kappa shape index (κ2) is 7.19. The molecule has 0 bridgehead atoms. The molecule has 0 spiro atoms. The van der Waals surface area contributed by atoms with E-state index in [1.165, 1.54) is 0 Å². The second-order valence-corrected chi connectivity index (χ2v) is 6.14. The minimum Gasteiger partial charge on any atom is -0.482 e. The van der Waals surface area contributed by atoms with Crippen molar-refractivity contribution < 1.29 is 19.1 Å². The zero-order valence-corrected chi connectivity index (χ0v) is 14.0. The number of hydrogen-bond acceptors (Lipinski definition) is 5. The average Bonchev–Trinajstić information content (AvgIpc) is 2.61. The summed E-state index contributed by atoms with van der Waals surface area (Å²) in [5.74, 6) is 0.596. The number of nitrogens with zero attached hydrogens (tertiary/aromatic N) is 1. The number of hydrogen-bond donors (Lipinski definition) is 2. The van der Waals surface area contributed by atoms with Gasteiger partial charge in [0.15, 0.2) is 6.61 Å². The van der Waals surface area contributed by atoms with Gasteiger partial charge in [-0.3, -0.25) is 14.9 Å². The van der Waals surface area contributed by atoms with Crippen molar-refractivity contribution >= 4 is 17.5 Å². The van der Waals surface area contributed by atoms with Crippen LogP contribution < -0.4 is 15.4 Å². The summed E-state index contributed by atoms with van der Waals surface area (Å²) in [6, 6.07) is 5.35. The van der Waals surface area contributed by atoms with Crippen LogP contribution >= 0.6 is 0 Å². The topological polar surface area (TPSA) is 79.9 Å². The van der Waals surface area contributed by atoms with Crippen LogP contribution in [0.1, 0.15) is 25.5 Å². The zero-order chi connectivity index (χ0) is 17.1. The average molecular weight is 333 g/mol. The molecule has 0 aliphatic carbocycles. The van der Waals surface area contributed by atoms with E-state index in [9.17, 15) is 9.59 Å². The third-order valence-electron chi connectivity index (χ3n) is 4.33. The molecule has 1 saturated heterocycles. The summed E-state index contributed by atoms with van der Waals surface area (Å²) in [5.41, 5.74) is 1.66. The maximum absolute atomic E-state index is 12.5. The summed E-state index contributed by atoms with van der Waals surface area (Å²) in [4.78, 5) is 25.7. The van der Waals surface area contributed by atoms with Crippen molar-refractivity contribution in [2.24, 2.45) is 0 Å². The maximum Gasteiger partial charge on any atom is 0.262 e. The fourth-order valence-corrected chi connectivity index (χ4v) is 2.97. The molecule has 1 fully saturated rings. The van der Waals surface area contributed by atoms with E-state index in [-0.39, 0.29) is 30.5 Å². The summed E-state index contributed by atoms with van der Waals surface area (Å²) in [5, 5.41) is 6.13. The summed E-state index contributed by atoms with van der Waals surface area (Å²) in [6.07, 6.45) is 0. The van der Waals surface area contributed by atoms with Crippen molar-refractivity contribution in [3.63, 3.8) is 0 Å². The van der Waals surface area contributed by atoms with Crippen LogP contribution in [0.15, 0.2) is 18.2 Å². The monoisotopic (exact) mass is 333 g/mol. The van der Waals surface area contributed by atoms with Gasteiger partial charge in [-0.15, -0.1) is 0 Å². The first-order chi connectivity index (χ1) is 11.5. The molecule has 2 atom stereocenters. The van der Waals surface area contributed by atoms with Crippen molar-refractivity contribution in [1.82, 2.24) is 10.2 Å². The van der Waals surface area contributed by atoms with Gasteiger partial charge in [0.25, 0.3) is 5.91 Å². The van der Waals surface area contributed by atoms with Crippen molar-refractivity contribution in [1.29, 1.82) is 0 Å². The van der Waals surface area contributed by atoms with E-state index in [0.29, 0.717) is 37.7 Å². The number of carbonyl (C=O) groups excluding carboxylic acids is 2. The molecule has 2 heterocycles. The van der Waals surface area contributed by atoms with Crippen molar-refractivity contribution in [2.45, 2.75) is 25.9 Å². The van der Waals surface area contributed by atoms with E-state index in [2.05, 4.69) is 10.6 Å². The van der Waals surface area contributed by atoms with Crippen LogP contribution in [0.25, 0.3) is 0 Å². The van der Waals surface area contributed by atoms with Crippen LogP contribution in [-0.2, 0) is 14.3 Å². The van der Waals surface area contributed by atoms with Crippen LogP contribution in [-0.4, -0.2) is 55.7 Å². The van der Waals surface area contributed by atoms with E-state index in [0.717, 1.165) is 5.56 Å². The number of ether oxygens (including phenoxy) is 2. The van der Waals surface area contributed by atoms with Crippen molar-refractivity contribution in [2.75, 3.05) is 38.2 Å². The van der Waals surface area contributed by atoms with Crippen LogP contribution in [0.2, 0.25) is 0 Å². The zero-order valence-electron chi connectivity index (χ0n) is 14.0. The lowest BCUT2D eigenvalue weighted by Gasteiger charge is -2.30. The Labute approximate surface area is 141 Å². The van der Waals surface area contributed by atoms with Gasteiger partial charge in [0.1, 0.15) is 5.75 Å². The van der Waals surface area contributed by atoms with Crippen LogP contribution in [0.5, 0.6) is 5.75 Å². The predicted molar refractivity (Wildman–Crippen MR) is 89.0 cm³/mol. The van der Waals surface area contributed by atoms with Gasteiger partial charge >= 0.3 is 0 Å². The molecule has 130 valence electrons. The predicted octanol–water partition coefficient (Wildman–Crippen LogP) is 0.915. The van der Waals surface area contributed by atoms with Gasteiger partial charge in [0, 0.05) is 19.1 Å². The molecule has 3 rings (SSSR count). The number of anilines is 1. The lowest BCUT2D eigenvalue weighted by molar-refractivity contribution is -0.137. The van der Waals surface area contributed by atoms with E-state index < -0.39 is 0 Å². The maximum atomic E-state index is 12.5. The molecule has 2 aliphatic heterocycles. The molecule has 0 saturated carbocycles. The largest absolute Gasteiger partial charge is 0.482 e. The van der Waals surface area contributed by atoms with Crippen LogP contribution in [0.3, 0.4) is 0 Å². The number of carbonyl (C=O) groups is 2. The van der Waals surface area contributed by atoms with Gasteiger partial charge in [-0.05, 0) is 31.5 Å². The third kappa shape index (κ3) is 3.68. The Hall–Kier alpha value is -2.12. The first kappa shape index (κ1) is 16.7. The highest BCUT2D eigenvalue weighted by atomic mass is 16.5. The molecule has 2 N–H and O–H groups in total. The van der Waals surface area contributed by atoms with Gasteiger partial charge in [-0.25, -0.2) is 0 Å². The molecular weight excluding hydrogens is 310 g/mol. The Morgan fingerprint density at radius 3 is 2.79 bits per heavy atom. The van der Waals surface area contributed by atoms with Crippen LogP contribution in [0, 0.1) is 0 Å². The first-order valence-electron chi connectivity index (χ1n) is 8.24. The molecule has 7 heteroatoms. The Morgan fingerprint density at radius 1 is 1.29 bits per heavy atom. The number of amides is 2. The Morgan fingerprint density at radius 2 is 2.04 bits per heavy atom. The Balaban J connectivity index is 1.63. The standard InChI is InChI=1S/C17H23N3O4/c1-11(18-12(2)17(22)20-5-7-23-8-6-20)13-3-4-15-14(9-13)19-16(21)10-24-15/h3-4,9,11-12,18H,5-8,10H2,1-2H3,(H,19,21). The van der Waals surface area contributed by atoms with Crippen LogP contribution in [0.4, 0.5) is 5.69 Å². The van der Waals surface area contributed by atoms with E-state index in [1.54, 1.807) is 0 Å². The minimum atomic E-state index is -0.292. The first-order valence-corrected chi connectivity index (χ1v) is 8.24. The summed E-state index contributed by atoms with van der Waals surface area (Å²) in [7, 11) is 0. The highest BCUT2D eigenvalue weighted by Crippen LogP contribution is 2.30. The summed E-state index contributed by atoms with van der Waals surface area (Å²) in [6.45, 7) is 6.39. The SMILES string of the molecule is CC(NC(C)c1ccc2c(c1)NC(=O)CO2)C(=O)N1CCOCC1. The lowest BCUT2D eigenvalue weighted by atomic mass is 10.1. The van der Waals surface area contributed by atoms with E-state index >= 15 is 0 Å². The fraction of sp³-hybridized carbons (Fsp3) is 0.529. The van der Waals surface area contributed by atoms with Gasteiger partial charge in [-0.2, -0.15) is 0 Å². The number of fused-ring (bicyclic) bond motifs is 1. The molecule has 24 heavy (non-hydrogen) atoms. The van der Waals surface area contributed by atoms with Gasteiger partial charge in [-0.1, -0.05) is 6.07 Å². The molecular formula is C17H23N3O4. The van der Waals surface area contributed by atoms with Crippen molar-refractivity contribution in [3.05, 3.63) is 23.8 Å². The second-order valence-electron chi connectivity index (χ2n) is 6.14. The Bertz CT molecular complexity index is 628. The van der Waals surface area contributed by atoms with Gasteiger partial charge < -0.3 is 19.7 Å². The molecule has 0 radical (unpaired) electrons. The Kier molecular flexibility index (Phi) is 5.01. The number of morpholine rings is 1. The lowest BCUT2D eigenvalue weighted by Crippen LogP contribution is -2.49.